The number of ether oxygens (including phenoxy) is 1. The third-order valence-corrected chi connectivity index (χ3v) is 3.85. The summed E-state index contributed by atoms with van der Waals surface area (Å²) in [7, 11) is 2.10. The van der Waals surface area contributed by atoms with Crippen molar-refractivity contribution in [3.05, 3.63) is 42.0 Å². The molecule has 2 aromatic rings. The van der Waals surface area contributed by atoms with Crippen LogP contribution >= 0.6 is 0 Å². The van der Waals surface area contributed by atoms with Crippen LogP contribution in [-0.4, -0.2) is 26.3 Å². The molecular formula is C16H16N2O. The lowest BCUT2D eigenvalue weighted by Gasteiger charge is -2.27. The van der Waals surface area contributed by atoms with Crippen molar-refractivity contribution < 1.29 is 4.74 Å². The fraction of sp³-hybridized carbons (Fsp3) is 0.312. The summed E-state index contributed by atoms with van der Waals surface area (Å²) in [6.45, 7) is 1.62. The monoisotopic (exact) mass is 252 g/mol. The predicted octanol–water partition coefficient (Wildman–Crippen LogP) is 2.94. The smallest absolute Gasteiger partial charge is 0.0998 e. The van der Waals surface area contributed by atoms with E-state index in [4.69, 9.17) is 4.74 Å². The maximum Gasteiger partial charge on any atom is 0.0998 e. The summed E-state index contributed by atoms with van der Waals surface area (Å²) in [6, 6.07) is 14.7. The van der Waals surface area contributed by atoms with E-state index in [1.807, 2.05) is 30.3 Å². The lowest BCUT2D eigenvalue weighted by atomic mass is 10.0. The third kappa shape index (κ3) is 2.05. The minimum atomic E-state index is 0.427. The molecule has 96 valence electrons. The van der Waals surface area contributed by atoms with Crippen molar-refractivity contribution in [2.75, 3.05) is 25.2 Å². The second-order valence-corrected chi connectivity index (χ2v) is 4.92. The highest BCUT2D eigenvalue weighted by Crippen LogP contribution is 2.30. The number of anilines is 1. The number of benzene rings is 2. The summed E-state index contributed by atoms with van der Waals surface area (Å²) in [4.78, 5) is 2.27. The first kappa shape index (κ1) is 12.0. The van der Waals surface area contributed by atoms with Gasteiger partial charge in [-0.15, -0.1) is 0 Å². The van der Waals surface area contributed by atoms with Gasteiger partial charge in [0.05, 0.1) is 24.3 Å². The van der Waals surface area contributed by atoms with Crippen molar-refractivity contribution in [3.8, 4) is 6.07 Å². The highest BCUT2D eigenvalue weighted by Gasteiger charge is 2.22. The Hall–Kier alpha value is -2.05. The number of nitrogens with zero attached hydrogens (tertiary/aromatic N) is 2. The Morgan fingerprint density at radius 3 is 2.68 bits per heavy atom. The van der Waals surface area contributed by atoms with Crippen molar-refractivity contribution in [2.24, 2.45) is 0 Å². The largest absolute Gasteiger partial charge is 0.379 e. The molecule has 0 aromatic heterocycles. The van der Waals surface area contributed by atoms with Crippen LogP contribution in [0.5, 0.6) is 0 Å². The van der Waals surface area contributed by atoms with E-state index in [1.165, 1.54) is 5.69 Å². The zero-order valence-corrected chi connectivity index (χ0v) is 11.0. The van der Waals surface area contributed by atoms with E-state index in [2.05, 4.69) is 24.1 Å². The van der Waals surface area contributed by atoms with Gasteiger partial charge in [-0.1, -0.05) is 24.3 Å². The Labute approximate surface area is 113 Å². The van der Waals surface area contributed by atoms with Crippen LogP contribution in [0.1, 0.15) is 12.0 Å². The zero-order valence-electron chi connectivity index (χ0n) is 11.0. The van der Waals surface area contributed by atoms with Crippen LogP contribution in [0.2, 0.25) is 0 Å². The lowest BCUT2D eigenvalue weighted by Crippen LogP contribution is -2.31. The van der Waals surface area contributed by atoms with E-state index < -0.39 is 0 Å². The summed E-state index contributed by atoms with van der Waals surface area (Å²) in [5.74, 6) is 0. The van der Waals surface area contributed by atoms with Crippen LogP contribution in [-0.2, 0) is 4.74 Å². The van der Waals surface area contributed by atoms with E-state index in [1.54, 1.807) is 0 Å². The van der Waals surface area contributed by atoms with Gasteiger partial charge in [0.2, 0.25) is 0 Å². The summed E-state index contributed by atoms with van der Waals surface area (Å²) in [5, 5.41) is 11.3. The molecule has 2 aromatic carbocycles. The van der Waals surface area contributed by atoms with Crippen LogP contribution in [0.4, 0.5) is 5.69 Å². The number of hydrogen-bond donors (Lipinski definition) is 0. The topological polar surface area (TPSA) is 36.3 Å². The van der Waals surface area contributed by atoms with Crippen molar-refractivity contribution in [1.82, 2.24) is 0 Å². The van der Waals surface area contributed by atoms with Gasteiger partial charge in [0.15, 0.2) is 0 Å². The van der Waals surface area contributed by atoms with E-state index in [0.29, 0.717) is 6.04 Å². The Morgan fingerprint density at radius 1 is 1.21 bits per heavy atom. The van der Waals surface area contributed by atoms with Gasteiger partial charge in [0.25, 0.3) is 0 Å². The molecule has 0 aliphatic carbocycles. The predicted molar refractivity (Wildman–Crippen MR) is 76.3 cm³/mol. The fourth-order valence-electron chi connectivity index (χ4n) is 2.71. The van der Waals surface area contributed by atoms with E-state index in [0.717, 1.165) is 36.0 Å². The van der Waals surface area contributed by atoms with Crippen LogP contribution in [0, 0.1) is 11.3 Å². The van der Waals surface area contributed by atoms with Crippen molar-refractivity contribution in [3.63, 3.8) is 0 Å². The number of fused-ring (bicyclic) bond motifs is 1. The van der Waals surface area contributed by atoms with Crippen LogP contribution in [0.15, 0.2) is 36.4 Å². The first-order valence-electron chi connectivity index (χ1n) is 6.53. The average molecular weight is 252 g/mol. The van der Waals surface area contributed by atoms with Gasteiger partial charge in [-0.05, 0) is 18.6 Å². The first-order chi connectivity index (χ1) is 9.31. The first-order valence-corrected chi connectivity index (χ1v) is 6.53. The SMILES string of the molecule is CN(c1ccc(C#N)c2ccccc12)C1CCOC1. The third-order valence-electron chi connectivity index (χ3n) is 3.85. The molecule has 0 saturated carbocycles. The molecule has 1 fully saturated rings. The molecule has 1 heterocycles. The molecule has 1 aliphatic rings. The average Bonchev–Trinajstić information content (AvgIpc) is 2.99. The molecule has 0 N–H and O–H groups in total. The summed E-state index contributed by atoms with van der Waals surface area (Å²) >= 11 is 0. The Balaban J connectivity index is 2.11. The van der Waals surface area contributed by atoms with E-state index in [-0.39, 0.29) is 0 Å². The molecule has 0 radical (unpaired) electrons. The molecule has 1 saturated heterocycles. The maximum absolute atomic E-state index is 9.19. The van der Waals surface area contributed by atoms with Gasteiger partial charge in [-0.3, -0.25) is 0 Å². The number of hydrogen-bond acceptors (Lipinski definition) is 3. The molecular weight excluding hydrogens is 236 g/mol. The Bertz CT molecular complexity index is 639. The molecule has 1 atom stereocenters. The second-order valence-electron chi connectivity index (χ2n) is 4.92. The number of likely N-dealkylation sites (N-methyl/N-ethyl adjacent to an activating group) is 1. The minimum Gasteiger partial charge on any atom is -0.379 e. The van der Waals surface area contributed by atoms with Crippen molar-refractivity contribution in [1.29, 1.82) is 5.26 Å². The molecule has 3 rings (SSSR count). The molecule has 3 nitrogen and oxygen atoms in total. The zero-order chi connectivity index (χ0) is 13.2. The fourth-order valence-corrected chi connectivity index (χ4v) is 2.71. The normalized spacial score (nSPS) is 18.4. The van der Waals surface area contributed by atoms with Gasteiger partial charge in [0.1, 0.15) is 0 Å². The minimum absolute atomic E-state index is 0.427. The second kappa shape index (κ2) is 4.91. The van der Waals surface area contributed by atoms with Gasteiger partial charge < -0.3 is 9.64 Å². The highest BCUT2D eigenvalue weighted by atomic mass is 16.5. The van der Waals surface area contributed by atoms with Crippen LogP contribution < -0.4 is 4.90 Å². The molecule has 0 bridgehead atoms. The number of nitriles is 1. The quantitative estimate of drug-likeness (QED) is 0.824. The Kier molecular flexibility index (Phi) is 3.10. The molecule has 0 spiro atoms. The molecule has 1 aliphatic heterocycles. The van der Waals surface area contributed by atoms with Crippen LogP contribution in [0.3, 0.4) is 0 Å². The van der Waals surface area contributed by atoms with Gasteiger partial charge in [-0.2, -0.15) is 5.26 Å². The van der Waals surface area contributed by atoms with Crippen molar-refractivity contribution >= 4 is 16.5 Å². The molecule has 3 heteroatoms. The molecule has 0 amide bonds. The molecule has 19 heavy (non-hydrogen) atoms. The summed E-state index contributed by atoms with van der Waals surface area (Å²) < 4.78 is 5.46. The van der Waals surface area contributed by atoms with Gasteiger partial charge >= 0.3 is 0 Å². The van der Waals surface area contributed by atoms with Gasteiger partial charge in [0, 0.05) is 30.1 Å². The van der Waals surface area contributed by atoms with Gasteiger partial charge in [-0.25, -0.2) is 0 Å². The van der Waals surface area contributed by atoms with E-state index >= 15 is 0 Å². The highest BCUT2D eigenvalue weighted by molar-refractivity contribution is 5.97. The molecule has 1 unspecified atom stereocenters. The Morgan fingerprint density at radius 2 is 2.00 bits per heavy atom. The standard InChI is InChI=1S/C16H16N2O/c1-18(13-8-9-19-11-13)16-7-6-12(10-17)14-4-2-3-5-15(14)16/h2-7,13H,8-9,11H2,1H3. The summed E-state index contributed by atoms with van der Waals surface area (Å²) in [5.41, 5.74) is 1.90. The van der Waals surface area contributed by atoms with Crippen molar-refractivity contribution in [2.45, 2.75) is 12.5 Å². The summed E-state index contributed by atoms with van der Waals surface area (Å²) in [6.07, 6.45) is 1.06. The maximum atomic E-state index is 9.19. The van der Waals surface area contributed by atoms with Crippen LogP contribution in [0.25, 0.3) is 10.8 Å². The lowest BCUT2D eigenvalue weighted by molar-refractivity contribution is 0.193. The number of rotatable bonds is 2. The van der Waals surface area contributed by atoms with E-state index in [9.17, 15) is 5.26 Å².